The number of likely N-dealkylation sites (tertiary alicyclic amines) is 1. The summed E-state index contributed by atoms with van der Waals surface area (Å²) in [4.78, 5) is 23.8. The zero-order valence-corrected chi connectivity index (χ0v) is 14.6. The average Bonchev–Trinajstić information content (AvgIpc) is 2.66. The third kappa shape index (κ3) is 2.89. The molecule has 7 nitrogen and oxygen atoms in total. The summed E-state index contributed by atoms with van der Waals surface area (Å²) < 4.78 is 0. The standard InChI is InChI=1S/C18H27N5O2/c19-17-21-13-5-2-1-4-12(13)15(22-17)16(25)23-9-6-14-18(10-23,11-24)7-3-8-20-14/h14,20,24H,1-11H2,(H2,19,21,22)/t14-,18-/m1/s1. The monoisotopic (exact) mass is 345 g/mol. The van der Waals surface area contributed by atoms with Gasteiger partial charge >= 0.3 is 0 Å². The molecule has 0 saturated carbocycles. The summed E-state index contributed by atoms with van der Waals surface area (Å²) in [7, 11) is 0. The molecule has 3 heterocycles. The second kappa shape index (κ2) is 6.53. The lowest BCUT2D eigenvalue weighted by molar-refractivity contribution is -0.0140. The van der Waals surface area contributed by atoms with Crippen LogP contribution in [-0.4, -0.2) is 58.2 Å². The Balaban J connectivity index is 1.62. The van der Waals surface area contributed by atoms with Crippen molar-refractivity contribution in [3.8, 4) is 0 Å². The summed E-state index contributed by atoms with van der Waals surface area (Å²) in [5.74, 6) is 0.138. The molecule has 4 rings (SSSR count). The first-order valence-corrected chi connectivity index (χ1v) is 9.42. The highest BCUT2D eigenvalue weighted by atomic mass is 16.3. The van der Waals surface area contributed by atoms with E-state index in [1.54, 1.807) is 0 Å². The summed E-state index contributed by atoms with van der Waals surface area (Å²) in [6, 6.07) is 0.291. The fraction of sp³-hybridized carbons (Fsp3) is 0.722. The number of nitrogens with two attached hydrogens (primary N) is 1. The van der Waals surface area contributed by atoms with Gasteiger partial charge in [0.15, 0.2) is 0 Å². The minimum absolute atomic E-state index is 0.0518. The number of hydrogen-bond acceptors (Lipinski definition) is 6. The lowest BCUT2D eigenvalue weighted by atomic mass is 9.70. The van der Waals surface area contributed by atoms with Crippen molar-refractivity contribution in [1.29, 1.82) is 0 Å². The Labute approximate surface area is 148 Å². The Morgan fingerprint density at radius 2 is 2.16 bits per heavy atom. The zero-order valence-electron chi connectivity index (χ0n) is 14.6. The van der Waals surface area contributed by atoms with Gasteiger partial charge in [-0.2, -0.15) is 0 Å². The summed E-state index contributed by atoms with van der Waals surface area (Å²) in [5, 5.41) is 13.6. The lowest BCUT2D eigenvalue weighted by Crippen LogP contribution is -2.62. The molecule has 0 spiro atoms. The van der Waals surface area contributed by atoms with E-state index in [4.69, 9.17) is 5.73 Å². The molecule has 25 heavy (non-hydrogen) atoms. The first-order valence-electron chi connectivity index (χ1n) is 9.42. The number of carbonyl (C=O) groups is 1. The van der Waals surface area contributed by atoms with Crippen LogP contribution < -0.4 is 11.1 Å². The predicted molar refractivity (Wildman–Crippen MR) is 94.2 cm³/mol. The maximum Gasteiger partial charge on any atom is 0.272 e. The van der Waals surface area contributed by atoms with Crippen LogP contribution in [0.5, 0.6) is 0 Å². The first kappa shape index (κ1) is 16.7. The predicted octanol–water partition coefficient (Wildman–Crippen LogP) is 0.514. The fourth-order valence-corrected chi connectivity index (χ4v) is 4.80. The van der Waals surface area contributed by atoms with Crippen molar-refractivity contribution in [2.45, 2.75) is 51.0 Å². The molecule has 7 heteroatoms. The van der Waals surface area contributed by atoms with Gasteiger partial charge in [0.25, 0.3) is 5.91 Å². The van der Waals surface area contributed by atoms with Gasteiger partial charge in [0, 0.05) is 35.8 Å². The Hall–Kier alpha value is -1.73. The number of anilines is 1. The number of fused-ring (bicyclic) bond motifs is 2. The number of nitrogen functional groups attached to an aromatic ring is 1. The Bertz CT molecular complexity index is 680. The highest BCUT2D eigenvalue weighted by Gasteiger charge is 2.46. The van der Waals surface area contributed by atoms with Crippen molar-refractivity contribution in [3.05, 3.63) is 17.0 Å². The van der Waals surface area contributed by atoms with Gasteiger partial charge in [0.1, 0.15) is 5.69 Å². The van der Waals surface area contributed by atoms with E-state index >= 15 is 0 Å². The quantitative estimate of drug-likeness (QED) is 0.722. The number of carbonyl (C=O) groups excluding carboxylic acids is 1. The van der Waals surface area contributed by atoms with Crippen LogP contribution in [0, 0.1) is 5.41 Å². The third-order valence-electron chi connectivity index (χ3n) is 6.18. The summed E-state index contributed by atoms with van der Waals surface area (Å²) in [6.07, 6.45) is 6.72. The van der Waals surface area contributed by atoms with Crippen molar-refractivity contribution < 1.29 is 9.90 Å². The molecule has 4 N–H and O–H groups in total. The third-order valence-corrected chi connectivity index (χ3v) is 6.18. The number of nitrogens with zero attached hydrogens (tertiary/aromatic N) is 3. The SMILES string of the molecule is Nc1nc2c(c(C(=O)N3CC[C@H]4NCCC[C@]4(CO)C3)n1)CCCC2. The first-order chi connectivity index (χ1) is 12.1. The van der Waals surface area contributed by atoms with E-state index in [-0.39, 0.29) is 23.9 Å². The van der Waals surface area contributed by atoms with Gasteiger partial charge in [0.05, 0.1) is 6.61 Å². The molecule has 0 bridgehead atoms. The van der Waals surface area contributed by atoms with Crippen LogP contribution in [0.2, 0.25) is 0 Å². The van der Waals surface area contributed by atoms with Gasteiger partial charge < -0.3 is 21.1 Å². The van der Waals surface area contributed by atoms with E-state index in [0.717, 1.165) is 62.7 Å². The zero-order chi connectivity index (χ0) is 17.4. The number of aliphatic hydroxyl groups is 1. The van der Waals surface area contributed by atoms with E-state index < -0.39 is 0 Å². The van der Waals surface area contributed by atoms with Gasteiger partial charge in [-0.25, -0.2) is 9.97 Å². The highest BCUT2D eigenvalue weighted by molar-refractivity contribution is 5.94. The molecule has 3 aliphatic rings. The van der Waals surface area contributed by atoms with Gasteiger partial charge in [-0.05, 0) is 51.5 Å². The molecule has 0 aromatic carbocycles. The smallest absolute Gasteiger partial charge is 0.272 e. The molecule has 1 aromatic rings. The average molecular weight is 345 g/mol. The van der Waals surface area contributed by atoms with E-state index in [1.807, 2.05) is 4.90 Å². The van der Waals surface area contributed by atoms with Gasteiger partial charge in [0.2, 0.25) is 5.95 Å². The second-order valence-corrected chi connectivity index (χ2v) is 7.71. The summed E-state index contributed by atoms with van der Waals surface area (Å²) in [5.41, 5.74) is 8.04. The minimum Gasteiger partial charge on any atom is -0.396 e. The number of rotatable bonds is 2. The van der Waals surface area contributed by atoms with Crippen LogP contribution in [0.15, 0.2) is 0 Å². The molecule has 1 aromatic heterocycles. The molecule has 2 fully saturated rings. The van der Waals surface area contributed by atoms with Crippen molar-refractivity contribution in [3.63, 3.8) is 0 Å². The largest absolute Gasteiger partial charge is 0.396 e. The molecule has 2 atom stereocenters. The number of nitrogens with one attached hydrogen (secondary N) is 1. The molecule has 1 amide bonds. The fourth-order valence-electron chi connectivity index (χ4n) is 4.80. The molecular formula is C18H27N5O2. The van der Waals surface area contributed by atoms with Gasteiger partial charge in [-0.3, -0.25) is 4.79 Å². The Morgan fingerprint density at radius 3 is 3.00 bits per heavy atom. The van der Waals surface area contributed by atoms with Crippen LogP contribution in [0.3, 0.4) is 0 Å². The maximum absolute atomic E-state index is 13.2. The number of aromatic nitrogens is 2. The van der Waals surface area contributed by atoms with Crippen molar-refractivity contribution in [2.75, 3.05) is 32.0 Å². The molecule has 136 valence electrons. The summed E-state index contributed by atoms with van der Waals surface area (Å²) >= 11 is 0. The number of piperidine rings is 2. The van der Waals surface area contributed by atoms with E-state index in [0.29, 0.717) is 24.8 Å². The summed E-state index contributed by atoms with van der Waals surface area (Å²) in [6.45, 7) is 2.38. The van der Waals surface area contributed by atoms with Gasteiger partial charge in [-0.15, -0.1) is 0 Å². The number of aliphatic hydroxyl groups excluding tert-OH is 1. The minimum atomic E-state index is -0.231. The van der Waals surface area contributed by atoms with Crippen molar-refractivity contribution in [1.82, 2.24) is 20.2 Å². The van der Waals surface area contributed by atoms with Crippen LogP contribution in [0.4, 0.5) is 5.95 Å². The molecule has 2 aliphatic heterocycles. The molecule has 0 radical (unpaired) electrons. The van der Waals surface area contributed by atoms with Crippen molar-refractivity contribution >= 4 is 11.9 Å². The van der Waals surface area contributed by atoms with Crippen LogP contribution in [-0.2, 0) is 12.8 Å². The Kier molecular flexibility index (Phi) is 4.37. The van der Waals surface area contributed by atoms with E-state index in [1.165, 1.54) is 0 Å². The van der Waals surface area contributed by atoms with Crippen LogP contribution in [0.25, 0.3) is 0 Å². The highest BCUT2D eigenvalue weighted by Crippen LogP contribution is 2.37. The normalized spacial score (nSPS) is 29.0. The van der Waals surface area contributed by atoms with Crippen LogP contribution in [0.1, 0.15) is 53.8 Å². The number of hydrogen-bond donors (Lipinski definition) is 3. The topological polar surface area (TPSA) is 104 Å². The molecule has 2 saturated heterocycles. The molecular weight excluding hydrogens is 318 g/mol. The van der Waals surface area contributed by atoms with Crippen LogP contribution >= 0.6 is 0 Å². The second-order valence-electron chi connectivity index (χ2n) is 7.71. The maximum atomic E-state index is 13.2. The number of amides is 1. The molecule has 0 unspecified atom stereocenters. The van der Waals surface area contributed by atoms with Crippen molar-refractivity contribution in [2.24, 2.45) is 5.41 Å². The van der Waals surface area contributed by atoms with Gasteiger partial charge in [-0.1, -0.05) is 0 Å². The molecule has 1 aliphatic carbocycles. The van der Waals surface area contributed by atoms with E-state index in [2.05, 4.69) is 15.3 Å². The Morgan fingerprint density at radius 1 is 1.32 bits per heavy atom. The van der Waals surface area contributed by atoms with E-state index in [9.17, 15) is 9.90 Å². The lowest BCUT2D eigenvalue weighted by Gasteiger charge is -2.50. The number of aryl methyl sites for hydroxylation is 1.